The number of aromatic nitrogens is 2. The van der Waals surface area contributed by atoms with Crippen molar-refractivity contribution < 1.29 is 0 Å². The molecule has 12 heavy (non-hydrogen) atoms. The largest absolute Gasteiger partial charge is 0.308 e. The third-order valence-electron chi connectivity index (χ3n) is 1.83. The van der Waals surface area contributed by atoms with Crippen molar-refractivity contribution in [2.75, 3.05) is 5.43 Å². The third kappa shape index (κ3) is 1.15. The van der Waals surface area contributed by atoms with Crippen LogP contribution in [0.4, 0.5) is 5.82 Å². The van der Waals surface area contributed by atoms with Gasteiger partial charge in [0.1, 0.15) is 11.6 Å². The number of nitrogens with two attached hydrogens (primary N) is 1. The lowest BCUT2D eigenvalue weighted by Crippen LogP contribution is -2.12. The van der Waals surface area contributed by atoms with Crippen LogP contribution in [-0.2, 0) is 11.5 Å². The molecule has 5 heteroatoms. The van der Waals surface area contributed by atoms with E-state index in [0.717, 1.165) is 34.4 Å². The Hall–Kier alpha value is -0.810. The quantitative estimate of drug-likeness (QED) is 0.497. The van der Waals surface area contributed by atoms with Crippen LogP contribution in [0.2, 0.25) is 0 Å². The molecule has 0 aliphatic carbocycles. The molecule has 0 spiro atoms. The highest BCUT2D eigenvalue weighted by molar-refractivity contribution is 7.98. The molecular weight excluding hydrogens is 172 g/mol. The van der Waals surface area contributed by atoms with Crippen LogP contribution in [0.25, 0.3) is 0 Å². The van der Waals surface area contributed by atoms with Crippen LogP contribution in [-0.4, -0.2) is 9.97 Å². The smallest absolute Gasteiger partial charge is 0.148 e. The molecule has 2 rings (SSSR count). The number of aryl methyl sites for hydroxylation is 1. The Morgan fingerprint density at radius 3 is 3.00 bits per heavy atom. The van der Waals surface area contributed by atoms with E-state index in [2.05, 4.69) is 15.4 Å². The average Bonchev–Trinajstić information content (AvgIpc) is 2.50. The van der Waals surface area contributed by atoms with Crippen molar-refractivity contribution in [1.29, 1.82) is 0 Å². The number of nitrogens with zero attached hydrogens (tertiary/aromatic N) is 2. The van der Waals surface area contributed by atoms with Gasteiger partial charge in [0, 0.05) is 17.1 Å². The van der Waals surface area contributed by atoms with Crippen LogP contribution in [0.3, 0.4) is 0 Å². The van der Waals surface area contributed by atoms with Gasteiger partial charge in [-0.15, -0.1) is 0 Å². The Balaban J connectivity index is 2.55. The third-order valence-corrected chi connectivity index (χ3v) is 2.80. The van der Waals surface area contributed by atoms with Gasteiger partial charge in [-0.25, -0.2) is 15.8 Å². The maximum atomic E-state index is 5.34. The van der Waals surface area contributed by atoms with Crippen molar-refractivity contribution in [2.45, 2.75) is 18.4 Å². The van der Waals surface area contributed by atoms with E-state index in [4.69, 9.17) is 5.84 Å². The minimum Gasteiger partial charge on any atom is -0.308 e. The molecular formula is C7H10N4S. The molecule has 3 N–H and O–H groups in total. The van der Waals surface area contributed by atoms with E-state index in [1.54, 1.807) is 0 Å². The first-order chi connectivity index (χ1) is 5.81. The van der Waals surface area contributed by atoms with Gasteiger partial charge < -0.3 is 5.43 Å². The zero-order valence-electron chi connectivity index (χ0n) is 6.79. The molecule has 0 unspecified atom stereocenters. The fourth-order valence-corrected chi connectivity index (χ4v) is 2.34. The normalized spacial score (nSPS) is 14.5. The Labute approximate surface area is 74.9 Å². The summed E-state index contributed by atoms with van der Waals surface area (Å²) in [6, 6.07) is 0. The highest BCUT2D eigenvalue weighted by atomic mass is 32.2. The summed E-state index contributed by atoms with van der Waals surface area (Å²) in [7, 11) is 0. The molecule has 0 saturated carbocycles. The molecule has 1 aromatic rings. The fraction of sp³-hybridized carbons (Fsp3) is 0.429. The molecule has 2 heterocycles. The number of fused-ring (bicyclic) bond motifs is 1. The van der Waals surface area contributed by atoms with Crippen LogP contribution in [0.5, 0.6) is 0 Å². The summed E-state index contributed by atoms with van der Waals surface area (Å²) >= 11 is 1.84. The summed E-state index contributed by atoms with van der Waals surface area (Å²) in [6.07, 6.45) is 0. The summed E-state index contributed by atoms with van der Waals surface area (Å²) < 4.78 is 0. The van der Waals surface area contributed by atoms with Crippen molar-refractivity contribution in [3.8, 4) is 0 Å². The van der Waals surface area contributed by atoms with Crippen LogP contribution < -0.4 is 11.3 Å². The van der Waals surface area contributed by atoms with Crippen LogP contribution >= 0.6 is 11.8 Å². The summed E-state index contributed by atoms with van der Waals surface area (Å²) in [5.41, 5.74) is 4.89. The van der Waals surface area contributed by atoms with Gasteiger partial charge in [-0.05, 0) is 6.92 Å². The topological polar surface area (TPSA) is 63.8 Å². The summed E-state index contributed by atoms with van der Waals surface area (Å²) in [5, 5.41) is 0. The minimum atomic E-state index is 0.780. The fourth-order valence-electron chi connectivity index (χ4n) is 1.29. The zero-order valence-corrected chi connectivity index (χ0v) is 7.61. The van der Waals surface area contributed by atoms with E-state index < -0.39 is 0 Å². The number of hydrogen-bond donors (Lipinski definition) is 2. The molecule has 1 aromatic heterocycles. The van der Waals surface area contributed by atoms with Gasteiger partial charge in [0.25, 0.3) is 0 Å². The monoisotopic (exact) mass is 182 g/mol. The molecule has 4 nitrogen and oxygen atoms in total. The predicted molar refractivity (Wildman–Crippen MR) is 49.6 cm³/mol. The number of hydrogen-bond acceptors (Lipinski definition) is 5. The summed E-state index contributed by atoms with van der Waals surface area (Å²) in [6.45, 7) is 1.88. The minimum absolute atomic E-state index is 0.780. The Bertz CT molecular complexity index is 313. The maximum absolute atomic E-state index is 5.34. The molecule has 1 aliphatic rings. The number of anilines is 1. The van der Waals surface area contributed by atoms with E-state index in [1.165, 1.54) is 0 Å². The second kappa shape index (κ2) is 2.91. The van der Waals surface area contributed by atoms with Crippen molar-refractivity contribution >= 4 is 17.6 Å². The molecule has 0 amide bonds. The van der Waals surface area contributed by atoms with Gasteiger partial charge in [0.2, 0.25) is 0 Å². The van der Waals surface area contributed by atoms with Crippen molar-refractivity contribution in [3.05, 3.63) is 17.1 Å². The number of rotatable bonds is 1. The highest BCUT2D eigenvalue weighted by Gasteiger charge is 2.17. The molecule has 0 atom stereocenters. The number of nitrogen functional groups attached to an aromatic ring is 1. The standard InChI is InChI=1S/C7H10N4S/c1-4-9-6-3-12-2-5(6)7(10-4)11-8/h2-3,8H2,1H3,(H,9,10,11). The van der Waals surface area contributed by atoms with Gasteiger partial charge in [-0.2, -0.15) is 11.8 Å². The van der Waals surface area contributed by atoms with Crippen molar-refractivity contribution in [3.63, 3.8) is 0 Å². The molecule has 0 saturated heterocycles. The van der Waals surface area contributed by atoms with E-state index >= 15 is 0 Å². The SMILES string of the molecule is Cc1nc2c(c(NN)n1)CSC2. The van der Waals surface area contributed by atoms with E-state index in [0.29, 0.717) is 0 Å². The van der Waals surface area contributed by atoms with Gasteiger partial charge in [-0.1, -0.05) is 0 Å². The first-order valence-electron chi connectivity index (χ1n) is 3.72. The van der Waals surface area contributed by atoms with Gasteiger partial charge in [-0.3, -0.25) is 0 Å². The number of hydrazine groups is 1. The first kappa shape index (κ1) is 7.82. The number of nitrogens with one attached hydrogen (secondary N) is 1. The lowest BCUT2D eigenvalue weighted by atomic mass is 10.2. The van der Waals surface area contributed by atoms with E-state index in [1.807, 2.05) is 18.7 Å². The van der Waals surface area contributed by atoms with Gasteiger partial charge in [0.05, 0.1) is 5.69 Å². The molecule has 1 aliphatic heterocycles. The highest BCUT2D eigenvalue weighted by Crippen LogP contribution is 2.31. The Morgan fingerprint density at radius 2 is 2.25 bits per heavy atom. The van der Waals surface area contributed by atoms with Crippen molar-refractivity contribution in [2.24, 2.45) is 5.84 Å². The molecule has 0 fully saturated rings. The summed E-state index contributed by atoms with van der Waals surface area (Å²) in [4.78, 5) is 8.54. The lowest BCUT2D eigenvalue weighted by Gasteiger charge is -2.05. The molecule has 0 bridgehead atoms. The predicted octanol–water partition coefficient (Wildman–Crippen LogP) is 0.817. The Kier molecular flexibility index (Phi) is 1.90. The average molecular weight is 182 g/mol. The zero-order chi connectivity index (χ0) is 8.55. The van der Waals surface area contributed by atoms with Crippen molar-refractivity contribution in [1.82, 2.24) is 9.97 Å². The maximum Gasteiger partial charge on any atom is 0.148 e. The Morgan fingerprint density at radius 1 is 1.42 bits per heavy atom. The summed E-state index contributed by atoms with van der Waals surface area (Å²) in [5.74, 6) is 8.85. The molecule has 0 radical (unpaired) electrons. The van der Waals surface area contributed by atoms with Gasteiger partial charge in [0.15, 0.2) is 0 Å². The van der Waals surface area contributed by atoms with Crippen LogP contribution in [0.15, 0.2) is 0 Å². The van der Waals surface area contributed by atoms with E-state index in [9.17, 15) is 0 Å². The van der Waals surface area contributed by atoms with Gasteiger partial charge >= 0.3 is 0 Å². The number of thioether (sulfide) groups is 1. The van der Waals surface area contributed by atoms with Crippen LogP contribution in [0, 0.1) is 6.92 Å². The van der Waals surface area contributed by atoms with E-state index in [-0.39, 0.29) is 0 Å². The van der Waals surface area contributed by atoms with Crippen LogP contribution in [0.1, 0.15) is 17.1 Å². The lowest BCUT2D eigenvalue weighted by molar-refractivity contribution is 0.982. The second-order valence-electron chi connectivity index (χ2n) is 2.68. The molecule has 64 valence electrons. The molecule has 0 aromatic carbocycles. The second-order valence-corrected chi connectivity index (χ2v) is 3.67. The first-order valence-corrected chi connectivity index (χ1v) is 4.87.